The predicted octanol–water partition coefficient (Wildman–Crippen LogP) is 3.23. The summed E-state index contributed by atoms with van der Waals surface area (Å²) in [5.74, 6) is -0.0223. The first-order chi connectivity index (χ1) is 8.47. The first kappa shape index (κ1) is 15.9. The number of hydrogen-bond donors (Lipinski definition) is 0. The van der Waals surface area contributed by atoms with Crippen LogP contribution in [0, 0.1) is 5.92 Å². The maximum atomic E-state index is 12.2. The van der Waals surface area contributed by atoms with Crippen LogP contribution in [0.1, 0.15) is 47.5 Å². The molecule has 1 aliphatic heterocycles. The smallest absolute Gasteiger partial charge is 0.338 e. The summed E-state index contributed by atoms with van der Waals surface area (Å²) >= 11 is 0. The van der Waals surface area contributed by atoms with E-state index in [4.69, 9.17) is 4.74 Å². The van der Waals surface area contributed by atoms with Gasteiger partial charge in [-0.2, -0.15) is 0 Å². The van der Waals surface area contributed by atoms with Gasteiger partial charge in [-0.15, -0.1) is 10.3 Å². The highest BCUT2D eigenvalue weighted by atomic mass is 16.5. The number of hydrogen-bond acceptors (Lipinski definition) is 3. The lowest BCUT2D eigenvalue weighted by atomic mass is 9.75. The minimum Gasteiger partial charge on any atom is -0.428 e. The van der Waals surface area contributed by atoms with Crippen LogP contribution >= 0.6 is 0 Å². The molecule has 0 amide bonds. The second kappa shape index (κ2) is 5.10. The quantitative estimate of drug-likeness (QED) is 0.447. The molecule has 0 aromatic rings. The van der Waals surface area contributed by atoms with Crippen molar-refractivity contribution < 1.29 is 14.7 Å². The van der Waals surface area contributed by atoms with E-state index in [1.807, 2.05) is 27.7 Å². The van der Waals surface area contributed by atoms with Gasteiger partial charge in [0, 0.05) is 22.6 Å². The van der Waals surface area contributed by atoms with Crippen molar-refractivity contribution in [3.8, 4) is 0 Å². The van der Waals surface area contributed by atoms with Gasteiger partial charge in [-0.25, -0.2) is 4.79 Å². The van der Waals surface area contributed by atoms with Crippen LogP contribution in [0.2, 0.25) is 0 Å². The van der Waals surface area contributed by atoms with Gasteiger partial charge in [-0.05, 0) is 47.5 Å². The van der Waals surface area contributed by atoms with Gasteiger partial charge in [0.05, 0.1) is 0 Å². The number of nitrogens with zero attached hydrogens (tertiary/aromatic N) is 1. The summed E-state index contributed by atoms with van der Waals surface area (Å²) in [5, 5.41) is 13.4. The lowest BCUT2D eigenvalue weighted by Gasteiger charge is -2.49. The number of carbonyl (C=O) groups excluding carboxylic acids is 1. The van der Waals surface area contributed by atoms with Gasteiger partial charge in [0.25, 0.3) is 0 Å². The molecule has 4 heteroatoms. The number of allylic oxidation sites excluding steroid dienone is 1. The van der Waals surface area contributed by atoms with Crippen LogP contribution in [-0.4, -0.2) is 22.1 Å². The van der Waals surface area contributed by atoms with E-state index in [1.54, 1.807) is 6.92 Å². The van der Waals surface area contributed by atoms with Gasteiger partial charge in [-0.1, -0.05) is 13.2 Å². The molecule has 0 aromatic heterocycles. The molecule has 19 heavy (non-hydrogen) atoms. The third-order valence-corrected chi connectivity index (χ3v) is 3.62. The molecule has 107 valence electrons. The predicted molar refractivity (Wildman–Crippen MR) is 73.5 cm³/mol. The van der Waals surface area contributed by atoms with E-state index in [2.05, 4.69) is 13.2 Å². The zero-order chi connectivity index (χ0) is 15.0. The largest absolute Gasteiger partial charge is 0.428 e. The summed E-state index contributed by atoms with van der Waals surface area (Å²) in [5.41, 5.74) is -0.642. The molecule has 1 heterocycles. The molecule has 0 saturated carbocycles. The van der Waals surface area contributed by atoms with Gasteiger partial charge in [0.15, 0.2) is 0 Å². The first-order valence-corrected chi connectivity index (χ1v) is 6.51. The van der Waals surface area contributed by atoms with Gasteiger partial charge in [0.2, 0.25) is 0 Å². The molecule has 0 atom stereocenters. The third-order valence-electron chi connectivity index (χ3n) is 3.62. The van der Waals surface area contributed by atoms with Gasteiger partial charge in [-0.3, -0.25) is 0 Å². The molecule has 4 nitrogen and oxygen atoms in total. The number of hydroxylamine groups is 2. The van der Waals surface area contributed by atoms with E-state index in [0.717, 1.165) is 5.06 Å². The van der Waals surface area contributed by atoms with Crippen molar-refractivity contribution in [3.05, 3.63) is 24.5 Å². The molecule has 1 rings (SSSR count). The molecular formula is C15H24NO3. The maximum Gasteiger partial charge on any atom is 0.338 e. The van der Waals surface area contributed by atoms with Gasteiger partial charge < -0.3 is 4.74 Å². The number of rotatable bonds is 3. The fraction of sp³-hybridized carbons (Fsp3) is 0.667. The molecule has 0 bridgehead atoms. The Morgan fingerprint density at radius 3 is 1.95 bits per heavy atom. The zero-order valence-electron chi connectivity index (χ0n) is 12.6. The fourth-order valence-electron chi connectivity index (χ4n) is 2.78. The average molecular weight is 266 g/mol. The summed E-state index contributed by atoms with van der Waals surface area (Å²) < 4.78 is 5.22. The van der Waals surface area contributed by atoms with Crippen LogP contribution < -0.4 is 0 Å². The monoisotopic (exact) mass is 266 g/mol. The average Bonchev–Trinajstić information content (AvgIpc) is 2.24. The van der Waals surface area contributed by atoms with Crippen LogP contribution in [0.25, 0.3) is 0 Å². The van der Waals surface area contributed by atoms with Crippen LogP contribution in [0.3, 0.4) is 0 Å². The van der Waals surface area contributed by atoms with Crippen LogP contribution in [0.4, 0.5) is 0 Å². The second-order valence-corrected chi connectivity index (χ2v) is 6.66. The highest BCUT2D eigenvalue weighted by molar-refractivity contribution is 5.87. The number of carbonyl (C=O) groups is 1. The topological polar surface area (TPSA) is 49.4 Å². The summed E-state index contributed by atoms with van der Waals surface area (Å²) in [6.45, 7) is 16.6. The van der Waals surface area contributed by atoms with Crippen LogP contribution in [0.5, 0.6) is 0 Å². The number of ether oxygens (including phenoxy) is 1. The molecule has 1 saturated heterocycles. The zero-order valence-corrected chi connectivity index (χ0v) is 12.6. The minimum atomic E-state index is -0.495. The van der Waals surface area contributed by atoms with Gasteiger partial charge >= 0.3 is 5.97 Å². The standard InChI is InChI=1S/C15H24NO3/c1-10(2)13(17)19-11(3)12-8-14(4,5)16(18)15(6,7)9-12/h12H,1,3,8-9H2,2,4-7H3. The SMILES string of the molecule is C=C(C)C(=O)OC(=C)C1CC(C)(C)N([O])C(C)(C)C1. The maximum absolute atomic E-state index is 12.2. The molecular weight excluding hydrogens is 242 g/mol. The summed E-state index contributed by atoms with van der Waals surface area (Å²) in [6.07, 6.45) is 1.25. The third kappa shape index (κ3) is 3.45. The fourth-order valence-corrected chi connectivity index (χ4v) is 2.78. The Hall–Kier alpha value is -1.13. The first-order valence-electron chi connectivity index (χ1n) is 6.51. The van der Waals surface area contributed by atoms with Crippen molar-refractivity contribution in [2.75, 3.05) is 0 Å². The summed E-state index contributed by atoms with van der Waals surface area (Å²) in [6, 6.07) is 0. The Kier molecular flexibility index (Phi) is 4.27. The Morgan fingerprint density at radius 2 is 1.58 bits per heavy atom. The van der Waals surface area contributed by atoms with E-state index < -0.39 is 17.0 Å². The van der Waals surface area contributed by atoms with Crippen LogP contribution in [0.15, 0.2) is 24.5 Å². The van der Waals surface area contributed by atoms with Crippen molar-refractivity contribution in [1.82, 2.24) is 5.06 Å². The van der Waals surface area contributed by atoms with Crippen molar-refractivity contribution in [2.24, 2.45) is 5.92 Å². The highest BCUT2D eigenvalue weighted by Gasteiger charge is 2.47. The molecule has 1 fully saturated rings. The number of esters is 1. The summed E-state index contributed by atoms with van der Waals surface area (Å²) in [4.78, 5) is 11.5. The molecule has 0 aromatic carbocycles. The minimum absolute atomic E-state index is 0.00139. The van der Waals surface area contributed by atoms with Crippen molar-refractivity contribution in [1.29, 1.82) is 0 Å². The Bertz CT molecular complexity index is 392. The Balaban J connectivity index is 2.83. The summed E-state index contributed by atoms with van der Waals surface area (Å²) in [7, 11) is 0. The van der Waals surface area contributed by atoms with E-state index in [0.29, 0.717) is 24.2 Å². The normalized spacial score (nSPS) is 22.8. The molecule has 0 aliphatic carbocycles. The van der Waals surface area contributed by atoms with E-state index >= 15 is 0 Å². The number of piperidine rings is 1. The lowest BCUT2D eigenvalue weighted by molar-refractivity contribution is -0.293. The molecule has 0 unspecified atom stereocenters. The Morgan fingerprint density at radius 1 is 1.16 bits per heavy atom. The van der Waals surface area contributed by atoms with Crippen LogP contribution in [-0.2, 0) is 14.7 Å². The molecule has 0 spiro atoms. The van der Waals surface area contributed by atoms with Crippen molar-refractivity contribution in [3.63, 3.8) is 0 Å². The van der Waals surface area contributed by atoms with E-state index in [9.17, 15) is 10.0 Å². The molecule has 1 aliphatic rings. The van der Waals surface area contributed by atoms with E-state index in [1.165, 1.54) is 0 Å². The second-order valence-electron chi connectivity index (χ2n) is 6.66. The highest BCUT2D eigenvalue weighted by Crippen LogP contribution is 2.42. The lowest BCUT2D eigenvalue weighted by Crippen LogP contribution is -2.58. The molecule has 0 N–H and O–H groups in total. The van der Waals surface area contributed by atoms with Crippen molar-refractivity contribution in [2.45, 2.75) is 58.5 Å². The van der Waals surface area contributed by atoms with Crippen molar-refractivity contribution >= 4 is 5.97 Å². The Labute approximate surface area is 115 Å². The molecule has 1 radical (unpaired) electrons. The van der Waals surface area contributed by atoms with E-state index in [-0.39, 0.29) is 5.92 Å². The van der Waals surface area contributed by atoms with Gasteiger partial charge in [0.1, 0.15) is 5.76 Å².